The van der Waals surface area contributed by atoms with Crippen LogP contribution in [0.5, 0.6) is 5.75 Å². The number of carbonyl (C=O) groups excluding carboxylic acids is 1. The van der Waals surface area contributed by atoms with E-state index in [9.17, 15) is 9.59 Å². The first-order valence-electron chi connectivity index (χ1n) is 8.64. The third kappa shape index (κ3) is 3.95. The molecule has 25 heavy (non-hydrogen) atoms. The van der Waals surface area contributed by atoms with Crippen molar-refractivity contribution in [3.63, 3.8) is 0 Å². The van der Waals surface area contributed by atoms with E-state index < -0.39 is 5.97 Å². The third-order valence-electron chi connectivity index (χ3n) is 4.84. The van der Waals surface area contributed by atoms with E-state index in [1.54, 1.807) is 19.4 Å². The molecule has 0 saturated carbocycles. The second kappa shape index (κ2) is 7.59. The summed E-state index contributed by atoms with van der Waals surface area (Å²) in [7, 11) is 1.60. The zero-order valence-corrected chi connectivity index (χ0v) is 14.4. The SMILES string of the molecule is COc1ccc2c(CC(=O)N3CCCCC3CCC(=O)O)coc2c1. The quantitative estimate of drug-likeness (QED) is 0.869. The highest BCUT2D eigenvalue weighted by Gasteiger charge is 2.27. The molecule has 1 N–H and O–H groups in total. The van der Waals surface area contributed by atoms with Gasteiger partial charge in [0.1, 0.15) is 11.3 Å². The molecule has 6 nitrogen and oxygen atoms in total. The normalized spacial score (nSPS) is 17.6. The number of likely N-dealkylation sites (tertiary alicyclic amines) is 1. The number of hydrogen-bond acceptors (Lipinski definition) is 4. The molecule has 1 aliphatic heterocycles. The van der Waals surface area contributed by atoms with Crippen LogP contribution in [0.15, 0.2) is 28.9 Å². The molecule has 3 rings (SSSR count). The van der Waals surface area contributed by atoms with Crippen molar-refractivity contribution in [2.24, 2.45) is 0 Å². The Balaban J connectivity index is 1.73. The van der Waals surface area contributed by atoms with Gasteiger partial charge in [0.2, 0.25) is 5.91 Å². The van der Waals surface area contributed by atoms with Gasteiger partial charge in [-0.3, -0.25) is 9.59 Å². The van der Waals surface area contributed by atoms with E-state index in [4.69, 9.17) is 14.3 Å². The standard InChI is InChI=1S/C19H23NO5/c1-24-15-6-7-16-13(12-25-17(16)11-15)10-18(21)20-9-3-2-4-14(20)5-8-19(22)23/h6-7,11-12,14H,2-5,8-10H2,1H3,(H,22,23). The van der Waals surface area contributed by atoms with Gasteiger partial charge in [0.05, 0.1) is 19.8 Å². The molecular formula is C19H23NO5. The van der Waals surface area contributed by atoms with Crippen molar-refractivity contribution in [2.45, 2.75) is 44.6 Å². The molecule has 134 valence electrons. The van der Waals surface area contributed by atoms with Gasteiger partial charge in [-0.15, -0.1) is 0 Å². The summed E-state index contributed by atoms with van der Waals surface area (Å²) in [6, 6.07) is 5.58. The second-order valence-electron chi connectivity index (χ2n) is 6.47. The minimum Gasteiger partial charge on any atom is -0.497 e. The second-order valence-corrected chi connectivity index (χ2v) is 6.47. The molecule has 0 bridgehead atoms. The Labute approximate surface area is 146 Å². The molecule has 1 atom stereocenters. The number of hydrogen-bond donors (Lipinski definition) is 1. The van der Waals surface area contributed by atoms with Crippen molar-refractivity contribution < 1.29 is 23.8 Å². The van der Waals surface area contributed by atoms with E-state index in [1.165, 1.54) is 0 Å². The summed E-state index contributed by atoms with van der Waals surface area (Å²) in [5.41, 5.74) is 1.55. The van der Waals surface area contributed by atoms with Gasteiger partial charge in [0.25, 0.3) is 0 Å². The third-order valence-corrected chi connectivity index (χ3v) is 4.84. The number of methoxy groups -OCH3 is 1. The van der Waals surface area contributed by atoms with Crippen LogP contribution >= 0.6 is 0 Å². The predicted octanol–water partition coefficient (Wildman–Crippen LogP) is 3.23. The molecule has 1 amide bonds. The average molecular weight is 345 g/mol. The lowest BCUT2D eigenvalue weighted by Crippen LogP contribution is -2.44. The van der Waals surface area contributed by atoms with Crippen LogP contribution in [0.1, 0.15) is 37.7 Å². The highest BCUT2D eigenvalue weighted by Crippen LogP contribution is 2.27. The first-order chi connectivity index (χ1) is 12.1. The van der Waals surface area contributed by atoms with Gasteiger partial charge in [-0.05, 0) is 37.8 Å². The molecule has 0 radical (unpaired) electrons. The lowest BCUT2D eigenvalue weighted by atomic mass is 9.97. The molecule has 1 aliphatic rings. The minimum absolute atomic E-state index is 0.0237. The number of amides is 1. The van der Waals surface area contributed by atoms with Gasteiger partial charge in [0.15, 0.2) is 0 Å². The molecule has 0 spiro atoms. The van der Waals surface area contributed by atoms with Crippen LogP contribution in [0.25, 0.3) is 11.0 Å². The van der Waals surface area contributed by atoms with E-state index >= 15 is 0 Å². The molecule has 1 aromatic carbocycles. The Morgan fingerprint density at radius 3 is 2.96 bits per heavy atom. The van der Waals surface area contributed by atoms with Gasteiger partial charge >= 0.3 is 5.97 Å². The van der Waals surface area contributed by atoms with Crippen molar-refractivity contribution in [3.05, 3.63) is 30.0 Å². The molecule has 1 fully saturated rings. The summed E-state index contributed by atoms with van der Waals surface area (Å²) in [6.45, 7) is 0.701. The van der Waals surface area contributed by atoms with Gasteiger partial charge in [-0.25, -0.2) is 0 Å². The van der Waals surface area contributed by atoms with Crippen LogP contribution in [0.4, 0.5) is 0 Å². The van der Waals surface area contributed by atoms with Crippen LogP contribution in [0.3, 0.4) is 0 Å². The molecule has 2 aromatic rings. The summed E-state index contributed by atoms with van der Waals surface area (Å²) in [5.74, 6) is -0.0640. The monoisotopic (exact) mass is 345 g/mol. The Hall–Kier alpha value is -2.50. The van der Waals surface area contributed by atoms with Crippen molar-refractivity contribution in [3.8, 4) is 5.75 Å². The molecule has 2 heterocycles. The van der Waals surface area contributed by atoms with Gasteiger partial charge < -0.3 is 19.2 Å². The van der Waals surface area contributed by atoms with Crippen LogP contribution in [-0.2, 0) is 16.0 Å². The van der Waals surface area contributed by atoms with E-state index in [2.05, 4.69) is 0 Å². The fourth-order valence-corrected chi connectivity index (χ4v) is 3.51. The number of carboxylic acid groups (broad SMARTS) is 1. The van der Waals surface area contributed by atoms with Crippen molar-refractivity contribution >= 4 is 22.8 Å². The largest absolute Gasteiger partial charge is 0.497 e. The van der Waals surface area contributed by atoms with E-state index in [-0.39, 0.29) is 24.8 Å². The van der Waals surface area contributed by atoms with Crippen molar-refractivity contribution in [1.82, 2.24) is 4.90 Å². The van der Waals surface area contributed by atoms with Crippen molar-refractivity contribution in [1.29, 1.82) is 0 Å². The van der Waals surface area contributed by atoms with Gasteiger partial charge in [-0.2, -0.15) is 0 Å². The fraction of sp³-hybridized carbons (Fsp3) is 0.474. The van der Waals surface area contributed by atoms with Crippen LogP contribution in [-0.4, -0.2) is 41.6 Å². The summed E-state index contributed by atoms with van der Waals surface area (Å²) in [4.78, 5) is 25.5. The zero-order valence-electron chi connectivity index (χ0n) is 14.4. The highest BCUT2D eigenvalue weighted by molar-refractivity contribution is 5.88. The van der Waals surface area contributed by atoms with Crippen LogP contribution in [0, 0.1) is 0 Å². The smallest absolute Gasteiger partial charge is 0.303 e. The fourth-order valence-electron chi connectivity index (χ4n) is 3.51. The first kappa shape index (κ1) is 17.3. The average Bonchev–Trinajstić information content (AvgIpc) is 3.02. The number of aliphatic carboxylic acids is 1. The molecule has 1 aromatic heterocycles. The summed E-state index contributed by atoms with van der Waals surface area (Å²) in [5, 5.41) is 9.82. The zero-order chi connectivity index (χ0) is 17.8. The van der Waals surface area contributed by atoms with Gasteiger partial charge in [-0.1, -0.05) is 0 Å². The number of carbonyl (C=O) groups is 2. The van der Waals surface area contributed by atoms with E-state index in [1.807, 2.05) is 17.0 Å². The maximum atomic E-state index is 12.8. The Morgan fingerprint density at radius 1 is 1.36 bits per heavy atom. The lowest BCUT2D eigenvalue weighted by Gasteiger charge is -2.35. The van der Waals surface area contributed by atoms with Gasteiger partial charge in [0, 0.05) is 36.0 Å². The maximum Gasteiger partial charge on any atom is 0.303 e. The van der Waals surface area contributed by atoms with Crippen molar-refractivity contribution in [2.75, 3.05) is 13.7 Å². The Kier molecular flexibility index (Phi) is 5.26. The number of fused-ring (bicyclic) bond motifs is 1. The van der Waals surface area contributed by atoms with Crippen LogP contribution in [0.2, 0.25) is 0 Å². The predicted molar refractivity (Wildman–Crippen MR) is 92.7 cm³/mol. The summed E-state index contributed by atoms with van der Waals surface area (Å²) in [6.07, 6.45) is 5.40. The molecule has 0 aliphatic carbocycles. The topological polar surface area (TPSA) is 80.0 Å². The number of benzene rings is 1. The first-order valence-corrected chi connectivity index (χ1v) is 8.64. The molecule has 1 saturated heterocycles. The maximum absolute atomic E-state index is 12.8. The number of furan rings is 1. The molecule has 6 heteroatoms. The molecular weight excluding hydrogens is 322 g/mol. The minimum atomic E-state index is -0.812. The Morgan fingerprint density at radius 2 is 2.20 bits per heavy atom. The Bertz CT molecular complexity index is 766. The number of carboxylic acids is 1. The summed E-state index contributed by atoms with van der Waals surface area (Å²) < 4.78 is 10.7. The number of rotatable bonds is 6. The highest BCUT2D eigenvalue weighted by atomic mass is 16.5. The lowest BCUT2D eigenvalue weighted by molar-refractivity contribution is -0.139. The van der Waals surface area contributed by atoms with E-state index in [0.717, 1.165) is 30.2 Å². The van der Waals surface area contributed by atoms with Crippen LogP contribution < -0.4 is 4.74 Å². The van der Waals surface area contributed by atoms with E-state index in [0.29, 0.717) is 24.3 Å². The number of piperidine rings is 1. The number of ether oxygens (including phenoxy) is 1. The molecule has 1 unspecified atom stereocenters. The summed E-state index contributed by atoms with van der Waals surface area (Å²) >= 11 is 0. The number of nitrogens with zero attached hydrogens (tertiary/aromatic N) is 1.